The molecule has 0 N–H and O–H groups in total. The van der Waals surface area contributed by atoms with Crippen molar-refractivity contribution in [3.63, 3.8) is 0 Å². The average Bonchev–Trinajstić information content (AvgIpc) is 3.04. The van der Waals surface area contributed by atoms with Gasteiger partial charge >= 0.3 is 0 Å². The molecule has 0 spiro atoms. The highest BCUT2D eigenvalue weighted by molar-refractivity contribution is 7.86. The summed E-state index contributed by atoms with van der Waals surface area (Å²) in [5, 5.41) is 0. The fourth-order valence-electron chi connectivity index (χ4n) is 8.98. The Morgan fingerprint density at radius 1 is 1.03 bits per heavy atom. The molecule has 0 radical (unpaired) electrons. The van der Waals surface area contributed by atoms with Crippen LogP contribution < -0.4 is 0 Å². The van der Waals surface area contributed by atoms with Crippen LogP contribution in [0.15, 0.2) is 11.6 Å². The van der Waals surface area contributed by atoms with Crippen molar-refractivity contribution in [2.24, 2.45) is 46.3 Å². The molecular formula is C28H48O3S. The van der Waals surface area contributed by atoms with Crippen molar-refractivity contribution in [2.45, 2.75) is 111 Å². The molecule has 4 aliphatic rings. The van der Waals surface area contributed by atoms with Gasteiger partial charge in [-0.25, -0.2) is 0 Å². The van der Waals surface area contributed by atoms with E-state index in [1.165, 1.54) is 63.2 Å². The second-order valence-corrected chi connectivity index (χ2v) is 14.6. The molecule has 5 unspecified atom stereocenters. The van der Waals surface area contributed by atoms with Crippen molar-refractivity contribution < 1.29 is 12.6 Å². The third-order valence-corrected chi connectivity index (χ3v) is 11.2. The summed E-state index contributed by atoms with van der Waals surface area (Å²) >= 11 is 0. The van der Waals surface area contributed by atoms with Crippen LogP contribution in [-0.4, -0.2) is 20.8 Å². The molecule has 3 fully saturated rings. The Morgan fingerprint density at radius 3 is 2.47 bits per heavy atom. The van der Waals surface area contributed by atoms with Crippen LogP contribution in [0.1, 0.15) is 105 Å². The minimum atomic E-state index is -3.38. The van der Waals surface area contributed by atoms with Gasteiger partial charge in [0.2, 0.25) is 0 Å². The Morgan fingerprint density at radius 2 is 1.78 bits per heavy atom. The van der Waals surface area contributed by atoms with Gasteiger partial charge in [0, 0.05) is 0 Å². The van der Waals surface area contributed by atoms with Crippen molar-refractivity contribution in [1.82, 2.24) is 0 Å². The topological polar surface area (TPSA) is 43.4 Å². The van der Waals surface area contributed by atoms with Gasteiger partial charge in [0.25, 0.3) is 10.1 Å². The molecule has 4 heteroatoms. The van der Waals surface area contributed by atoms with Gasteiger partial charge in [-0.1, -0.05) is 65.5 Å². The quantitative estimate of drug-likeness (QED) is 0.292. The van der Waals surface area contributed by atoms with Gasteiger partial charge in [-0.05, 0) is 97.7 Å². The summed E-state index contributed by atoms with van der Waals surface area (Å²) < 4.78 is 28.8. The van der Waals surface area contributed by atoms with E-state index in [2.05, 4.69) is 40.7 Å². The molecule has 32 heavy (non-hydrogen) atoms. The Kier molecular flexibility index (Phi) is 6.98. The van der Waals surface area contributed by atoms with Crippen molar-refractivity contribution in [3.05, 3.63) is 11.6 Å². The van der Waals surface area contributed by atoms with E-state index in [0.717, 1.165) is 54.8 Å². The van der Waals surface area contributed by atoms with Crippen LogP contribution in [0.3, 0.4) is 0 Å². The van der Waals surface area contributed by atoms with Gasteiger partial charge in [0.05, 0.1) is 12.4 Å². The number of hydrogen-bond donors (Lipinski definition) is 0. The Bertz CT molecular complexity index is 815. The zero-order chi connectivity index (χ0) is 23.3. The molecule has 4 rings (SSSR count). The fraction of sp³-hybridized carbons (Fsp3) is 0.929. The van der Waals surface area contributed by atoms with Crippen LogP contribution in [0.4, 0.5) is 0 Å². The number of fused-ring (bicyclic) bond motifs is 5. The van der Waals surface area contributed by atoms with E-state index in [1.54, 1.807) is 0 Å². The summed E-state index contributed by atoms with van der Waals surface area (Å²) in [7, 11) is -3.38. The van der Waals surface area contributed by atoms with E-state index >= 15 is 0 Å². The van der Waals surface area contributed by atoms with E-state index in [4.69, 9.17) is 4.18 Å². The molecule has 0 amide bonds. The third kappa shape index (κ3) is 4.61. The maximum Gasteiger partial charge on any atom is 0.264 e. The zero-order valence-electron chi connectivity index (χ0n) is 21.5. The molecule has 0 bridgehead atoms. The van der Waals surface area contributed by atoms with Crippen LogP contribution in [0.25, 0.3) is 0 Å². The van der Waals surface area contributed by atoms with E-state index in [9.17, 15) is 8.42 Å². The molecule has 8 atom stereocenters. The van der Waals surface area contributed by atoms with Gasteiger partial charge in [0.15, 0.2) is 0 Å². The van der Waals surface area contributed by atoms with E-state index < -0.39 is 10.1 Å². The van der Waals surface area contributed by atoms with Crippen LogP contribution in [0.5, 0.6) is 0 Å². The molecule has 0 saturated heterocycles. The molecule has 0 heterocycles. The highest BCUT2D eigenvalue weighted by Gasteiger charge is 2.59. The summed E-state index contributed by atoms with van der Waals surface area (Å²) in [5.41, 5.74) is 2.28. The lowest BCUT2D eigenvalue weighted by Gasteiger charge is -2.58. The van der Waals surface area contributed by atoms with Crippen LogP contribution in [0, 0.1) is 46.3 Å². The number of allylic oxidation sites excluding steroid dienone is 1. The van der Waals surface area contributed by atoms with Crippen molar-refractivity contribution in [2.75, 3.05) is 6.26 Å². The van der Waals surface area contributed by atoms with Crippen LogP contribution in [0.2, 0.25) is 0 Å². The lowest BCUT2D eigenvalue weighted by Crippen LogP contribution is -2.51. The fourth-order valence-corrected chi connectivity index (χ4v) is 9.64. The Labute approximate surface area is 198 Å². The standard InChI is InChI=1S/C28H48O3S/c1-19(2)8-7-9-20(3)24-12-13-25-23-11-10-21-18-22(31-32(6,29)30)14-16-27(21,4)26(23)15-17-28(24,25)5/h10,19-20,22-26H,7-9,11-18H2,1-6H3/t20-,22+,23-,24?,25?,26?,27?,28?/m1/s1. The normalized spacial score (nSPS) is 42.7. The summed E-state index contributed by atoms with van der Waals surface area (Å²) in [4.78, 5) is 0. The van der Waals surface area contributed by atoms with Gasteiger partial charge in [-0.2, -0.15) is 8.42 Å². The van der Waals surface area contributed by atoms with E-state index in [-0.39, 0.29) is 11.5 Å². The smallest absolute Gasteiger partial charge is 0.264 e. The summed E-state index contributed by atoms with van der Waals surface area (Å²) in [6.45, 7) is 12.4. The second kappa shape index (κ2) is 9.02. The maximum absolute atomic E-state index is 11.7. The molecule has 4 aliphatic carbocycles. The number of hydrogen-bond acceptors (Lipinski definition) is 3. The second-order valence-electron chi connectivity index (χ2n) is 13.0. The summed E-state index contributed by atoms with van der Waals surface area (Å²) in [5.74, 6) is 5.05. The molecule has 0 aromatic carbocycles. The third-order valence-electron chi connectivity index (χ3n) is 10.6. The van der Waals surface area contributed by atoms with Gasteiger partial charge in [-0.15, -0.1) is 0 Å². The van der Waals surface area contributed by atoms with E-state index in [1.807, 2.05) is 0 Å². The highest BCUT2D eigenvalue weighted by atomic mass is 32.2. The summed E-state index contributed by atoms with van der Waals surface area (Å²) in [6, 6.07) is 0. The van der Waals surface area contributed by atoms with Crippen molar-refractivity contribution in [3.8, 4) is 0 Å². The predicted molar refractivity (Wildman–Crippen MR) is 133 cm³/mol. The minimum absolute atomic E-state index is 0.155. The first kappa shape index (κ1) is 24.8. The Balaban J connectivity index is 1.47. The first-order chi connectivity index (χ1) is 14.9. The largest absolute Gasteiger partial charge is 0.267 e. The molecular weight excluding hydrogens is 416 g/mol. The summed E-state index contributed by atoms with van der Waals surface area (Å²) in [6.07, 6.45) is 17.3. The molecule has 184 valence electrons. The van der Waals surface area contributed by atoms with Gasteiger partial charge < -0.3 is 0 Å². The average molecular weight is 465 g/mol. The highest BCUT2D eigenvalue weighted by Crippen LogP contribution is 2.67. The Hall–Kier alpha value is -0.350. The first-order valence-electron chi connectivity index (χ1n) is 13.5. The van der Waals surface area contributed by atoms with Crippen molar-refractivity contribution in [1.29, 1.82) is 0 Å². The maximum atomic E-state index is 11.7. The predicted octanol–water partition coefficient (Wildman–Crippen LogP) is 7.37. The monoisotopic (exact) mass is 464 g/mol. The SMILES string of the molecule is CC(C)CCC[C@@H](C)C1CCC2[C@H]3CC=C4C[C@@H](OS(C)(=O)=O)CCC4(C)C3CCC21C. The van der Waals surface area contributed by atoms with Crippen LogP contribution >= 0.6 is 0 Å². The zero-order valence-corrected chi connectivity index (χ0v) is 22.3. The lowest BCUT2D eigenvalue weighted by molar-refractivity contribution is -0.0556. The minimum Gasteiger partial charge on any atom is -0.267 e. The number of rotatable bonds is 7. The molecule has 0 aromatic heterocycles. The van der Waals surface area contributed by atoms with Gasteiger partial charge in [-0.3, -0.25) is 4.18 Å². The molecule has 0 aliphatic heterocycles. The first-order valence-corrected chi connectivity index (χ1v) is 15.3. The van der Waals surface area contributed by atoms with Gasteiger partial charge in [0.1, 0.15) is 0 Å². The molecule has 3 nitrogen and oxygen atoms in total. The van der Waals surface area contributed by atoms with Crippen molar-refractivity contribution >= 4 is 10.1 Å². The molecule has 3 saturated carbocycles. The lowest BCUT2D eigenvalue weighted by atomic mass is 9.47. The molecule has 0 aromatic rings. The van der Waals surface area contributed by atoms with E-state index in [0.29, 0.717) is 5.41 Å². The van der Waals surface area contributed by atoms with Crippen LogP contribution in [-0.2, 0) is 14.3 Å².